The Morgan fingerprint density at radius 3 is 2.62 bits per heavy atom. The van der Waals surface area contributed by atoms with Gasteiger partial charge in [0.1, 0.15) is 5.76 Å². The maximum absolute atomic E-state index is 5.70. The first-order chi connectivity index (χ1) is 14.3. The number of furan rings is 1. The van der Waals surface area contributed by atoms with Gasteiger partial charge in [-0.1, -0.05) is 44.2 Å². The van der Waals surface area contributed by atoms with Crippen LogP contribution in [0.4, 0.5) is 0 Å². The number of hydrogen-bond acceptors (Lipinski definition) is 6. The van der Waals surface area contributed by atoms with E-state index in [9.17, 15) is 0 Å². The molecule has 0 aliphatic rings. The number of aromatic nitrogens is 4. The second-order valence-corrected chi connectivity index (χ2v) is 6.95. The SMILES string of the molecule is CCN(CC)[C@@H](CNCc1cc(-c2ccccc2)cn2nnnc12)c1ccco1. The molecule has 0 bridgehead atoms. The molecule has 7 heteroatoms. The molecule has 4 aromatic rings. The van der Waals surface area contributed by atoms with Gasteiger partial charge in [0.25, 0.3) is 0 Å². The van der Waals surface area contributed by atoms with E-state index in [1.807, 2.05) is 36.5 Å². The zero-order valence-electron chi connectivity index (χ0n) is 16.8. The summed E-state index contributed by atoms with van der Waals surface area (Å²) in [6.07, 6.45) is 3.70. The number of tetrazole rings is 1. The summed E-state index contributed by atoms with van der Waals surface area (Å²) in [5.41, 5.74) is 4.07. The summed E-state index contributed by atoms with van der Waals surface area (Å²) in [5.74, 6) is 0.980. The van der Waals surface area contributed by atoms with Gasteiger partial charge >= 0.3 is 0 Å². The first-order valence-corrected chi connectivity index (χ1v) is 10.0. The first-order valence-electron chi connectivity index (χ1n) is 10.0. The summed E-state index contributed by atoms with van der Waals surface area (Å²) in [5, 5.41) is 15.7. The number of benzene rings is 1. The van der Waals surface area contributed by atoms with Crippen molar-refractivity contribution >= 4 is 5.65 Å². The summed E-state index contributed by atoms with van der Waals surface area (Å²) >= 11 is 0. The lowest BCUT2D eigenvalue weighted by Crippen LogP contribution is -2.35. The van der Waals surface area contributed by atoms with Gasteiger partial charge in [0.05, 0.1) is 12.3 Å². The van der Waals surface area contributed by atoms with Gasteiger partial charge in [-0.2, -0.15) is 4.52 Å². The third-order valence-electron chi connectivity index (χ3n) is 5.26. The van der Waals surface area contributed by atoms with Crippen molar-refractivity contribution in [3.8, 4) is 11.1 Å². The van der Waals surface area contributed by atoms with Crippen molar-refractivity contribution in [3.05, 3.63) is 72.3 Å². The van der Waals surface area contributed by atoms with Crippen molar-refractivity contribution in [2.24, 2.45) is 0 Å². The Balaban J connectivity index is 1.55. The van der Waals surface area contributed by atoms with Gasteiger partial charge in [-0.05, 0) is 47.3 Å². The molecule has 3 aromatic heterocycles. The lowest BCUT2D eigenvalue weighted by Gasteiger charge is -2.28. The second-order valence-electron chi connectivity index (χ2n) is 6.95. The Kier molecular flexibility index (Phi) is 5.97. The van der Waals surface area contributed by atoms with Gasteiger partial charge in [-0.25, -0.2) is 0 Å². The average molecular weight is 390 g/mol. The van der Waals surface area contributed by atoms with Crippen LogP contribution in [0.5, 0.6) is 0 Å². The highest BCUT2D eigenvalue weighted by atomic mass is 16.3. The summed E-state index contributed by atoms with van der Waals surface area (Å²) < 4.78 is 7.44. The van der Waals surface area contributed by atoms with E-state index >= 15 is 0 Å². The van der Waals surface area contributed by atoms with E-state index in [1.54, 1.807) is 10.8 Å². The van der Waals surface area contributed by atoms with Gasteiger partial charge < -0.3 is 9.73 Å². The van der Waals surface area contributed by atoms with Crippen molar-refractivity contribution in [1.82, 2.24) is 30.3 Å². The van der Waals surface area contributed by atoms with Crippen molar-refractivity contribution in [2.45, 2.75) is 26.4 Å². The number of rotatable bonds is 9. The van der Waals surface area contributed by atoms with E-state index in [0.717, 1.165) is 47.7 Å². The molecule has 4 rings (SSSR count). The topological polar surface area (TPSA) is 71.5 Å². The highest BCUT2D eigenvalue weighted by molar-refractivity contribution is 5.66. The fourth-order valence-corrected chi connectivity index (χ4v) is 3.73. The van der Waals surface area contributed by atoms with E-state index in [0.29, 0.717) is 6.54 Å². The molecule has 7 nitrogen and oxygen atoms in total. The molecule has 0 saturated heterocycles. The monoisotopic (exact) mass is 390 g/mol. The first kappa shape index (κ1) is 19.3. The maximum atomic E-state index is 5.70. The molecule has 0 unspecified atom stereocenters. The number of fused-ring (bicyclic) bond motifs is 1. The molecule has 0 saturated carbocycles. The molecule has 0 radical (unpaired) electrons. The maximum Gasteiger partial charge on any atom is 0.183 e. The van der Waals surface area contributed by atoms with Crippen LogP contribution in [0, 0.1) is 0 Å². The minimum Gasteiger partial charge on any atom is -0.468 e. The Hall–Kier alpha value is -3.03. The van der Waals surface area contributed by atoms with E-state index in [-0.39, 0.29) is 6.04 Å². The molecule has 0 aliphatic carbocycles. The molecule has 3 heterocycles. The Morgan fingerprint density at radius 2 is 1.90 bits per heavy atom. The van der Waals surface area contributed by atoms with Gasteiger partial charge in [-0.3, -0.25) is 4.90 Å². The molecule has 0 spiro atoms. The van der Waals surface area contributed by atoms with Crippen LogP contribution < -0.4 is 5.32 Å². The second kappa shape index (κ2) is 8.98. The zero-order chi connectivity index (χ0) is 20.1. The van der Waals surface area contributed by atoms with Crippen molar-refractivity contribution in [3.63, 3.8) is 0 Å². The fourth-order valence-electron chi connectivity index (χ4n) is 3.73. The summed E-state index contributed by atoms with van der Waals surface area (Å²) in [4.78, 5) is 2.39. The molecule has 150 valence electrons. The normalized spacial score (nSPS) is 12.7. The van der Waals surface area contributed by atoms with E-state index in [2.05, 4.69) is 57.8 Å². The molecule has 1 aromatic carbocycles. The van der Waals surface area contributed by atoms with Crippen LogP contribution in [0.25, 0.3) is 16.8 Å². The number of likely N-dealkylation sites (N-methyl/N-ethyl adjacent to an activating group) is 1. The number of hydrogen-bond donors (Lipinski definition) is 1. The van der Waals surface area contributed by atoms with Gasteiger partial charge in [-0.15, -0.1) is 5.10 Å². The summed E-state index contributed by atoms with van der Waals surface area (Å²) in [7, 11) is 0. The van der Waals surface area contributed by atoms with Crippen LogP contribution in [0.1, 0.15) is 31.2 Å². The molecule has 0 amide bonds. The van der Waals surface area contributed by atoms with Crippen LogP contribution >= 0.6 is 0 Å². The smallest absolute Gasteiger partial charge is 0.183 e. The average Bonchev–Trinajstić information content (AvgIpc) is 3.46. The van der Waals surface area contributed by atoms with Crippen LogP contribution in [-0.2, 0) is 6.54 Å². The predicted octanol–water partition coefficient (Wildman–Crippen LogP) is 3.56. The number of pyridine rings is 1. The molecule has 1 N–H and O–H groups in total. The van der Waals surface area contributed by atoms with Crippen molar-refractivity contribution < 1.29 is 4.42 Å². The minimum atomic E-state index is 0.185. The van der Waals surface area contributed by atoms with Crippen molar-refractivity contribution in [2.75, 3.05) is 19.6 Å². The standard InChI is InChI=1S/C22H26N6O/c1-3-27(4-2)20(21-11-8-12-29-21)15-23-14-18-13-19(17-9-6-5-7-10-17)16-28-22(18)24-25-26-28/h5-13,16,20,23H,3-4,14-15H2,1-2H3/t20-/m0/s1. The minimum absolute atomic E-state index is 0.185. The van der Waals surface area contributed by atoms with E-state index < -0.39 is 0 Å². The molecule has 0 aliphatic heterocycles. The summed E-state index contributed by atoms with van der Waals surface area (Å²) in [6.45, 7) is 7.72. The predicted molar refractivity (Wildman–Crippen MR) is 112 cm³/mol. The van der Waals surface area contributed by atoms with Crippen LogP contribution in [0.15, 0.2) is 65.4 Å². The molecule has 29 heavy (non-hydrogen) atoms. The van der Waals surface area contributed by atoms with Crippen LogP contribution in [0.3, 0.4) is 0 Å². The fraction of sp³-hybridized carbons (Fsp3) is 0.318. The number of nitrogens with one attached hydrogen (secondary N) is 1. The van der Waals surface area contributed by atoms with Gasteiger partial charge in [0, 0.05) is 30.4 Å². The highest BCUT2D eigenvalue weighted by Gasteiger charge is 2.20. The van der Waals surface area contributed by atoms with Gasteiger partial charge in [0.2, 0.25) is 0 Å². The quantitative estimate of drug-likeness (QED) is 0.471. The summed E-state index contributed by atoms with van der Waals surface area (Å²) in [6, 6.07) is 16.6. The third-order valence-corrected chi connectivity index (χ3v) is 5.26. The number of nitrogens with zero attached hydrogens (tertiary/aromatic N) is 5. The van der Waals surface area contributed by atoms with Crippen LogP contribution in [0.2, 0.25) is 0 Å². The third kappa shape index (κ3) is 4.21. The zero-order valence-corrected chi connectivity index (χ0v) is 16.8. The van der Waals surface area contributed by atoms with Gasteiger partial charge in [0.15, 0.2) is 5.65 Å². The Bertz CT molecular complexity index is 1020. The lowest BCUT2D eigenvalue weighted by atomic mass is 10.1. The van der Waals surface area contributed by atoms with Crippen molar-refractivity contribution in [1.29, 1.82) is 0 Å². The highest BCUT2D eigenvalue weighted by Crippen LogP contribution is 2.23. The van der Waals surface area contributed by atoms with E-state index in [4.69, 9.17) is 4.42 Å². The van der Waals surface area contributed by atoms with Crippen LogP contribution in [-0.4, -0.2) is 44.6 Å². The Labute approximate surface area is 170 Å². The lowest BCUT2D eigenvalue weighted by molar-refractivity contribution is 0.188. The molecular weight excluding hydrogens is 364 g/mol. The molecular formula is C22H26N6O. The van der Waals surface area contributed by atoms with E-state index in [1.165, 1.54) is 0 Å². The largest absolute Gasteiger partial charge is 0.468 e. The Morgan fingerprint density at radius 1 is 1.07 bits per heavy atom. The molecule has 0 fully saturated rings. The molecule has 1 atom stereocenters.